The summed E-state index contributed by atoms with van der Waals surface area (Å²) in [7, 11) is 0. The molecule has 0 atom stereocenters. The predicted octanol–water partition coefficient (Wildman–Crippen LogP) is 4.24. The van der Waals surface area contributed by atoms with Crippen molar-refractivity contribution in [1.82, 2.24) is 0 Å². The number of carbonyl (C=O) groups is 2. The number of anilines is 3. The summed E-state index contributed by atoms with van der Waals surface area (Å²) in [6.45, 7) is 1.97. The van der Waals surface area contributed by atoms with Crippen LogP contribution in [-0.4, -0.2) is 18.4 Å². The number of hydrogen-bond acceptors (Lipinski definition) is 3. The second kappa shape index (κ2) is 8.16. The van der Waals surface area contributed by atoms with Crippen LogP contribution < -0.4 is 16.0 Å². The normalized spacial score (nSPS) is 10.3. The summed E-state index contributed by atoms with van der Waals surface area (Å²) in [5, 5.41) is 11.0. The largest absolute Gasteiger partial charge is 0.376 e. The molecule has 5 heteroatoms. The fourth-order valence-corrected chi connectivity index (χ4v) is 2.65. The van der Waals surface area contributed by atoms with E-state index in [-0.39, 0.29) is 18.4 Å². The van der Waals surface area contributed by atoms with Crippen LogP contribution in [0.25, 0.3) is 10.8 Å². The third-order valence-electron chi connectivity index (χ3n) is 4.00. The van der Waals surface area contributed by atoms with Gasteiger partial charge in [-0.1, -0.05) is 43.3 Å². The van der Waals surface area contributed by atoms with Crippen molar-refractivity contribution in [2.24, 2.45) is 0 Å². The molecule has 0 aliphatic rings. The highest BCUT2D eigenvalue weighted by Crippen LogP contribution is 2.22. The van der Waals surface area contributed by atoms with Crippen molar-refractivity contribution in [1.29, 1.82) is 0 Å². The second-order valence-electron chi connectivity index (χ2n) is 5.91. The second-order valence-corrected chi connectivity index (χ2v) is 5.91. The molecule has 2 amide bonds. The Hall–Kier alpha value is -3.34. The molecule has 0 saturated heterocycles. The van der Waals surface area contributed by atoms with Gasteiger partial charge in [-0.3, -0.25) is 9.59 Å². The lowest BCUT2D eigenvalue weighted by Crippen LogP contribution is -2.21. The Kier molecular flexibility index (Phi) is 5.49. The van der Waals surface area contributed by atoms with Gasteiger partial charge in [0.25, 0.3) is 0 Å². The standard InChI is InChI=1S/C21H21N3O2/c1-2-20(25)23-16-10-12-17(13-11-16)24-21(26)14-22-19-9-5-7-15-6-3-4-8-18(15)19/h3-13,22H,2,14H2,1H3,(H,23,25)(H,24,26). The van der Waals surface area contributed by atoms with E-state index in [0.29, 0.717) is 17.8 Å². The Morgan fingerprint density at radius 1 is 0.769 bits per heavy atom. The minimum Gasteiger partial charge on any atom is -0.376 e. The summed E-state index contributed by atoms with van der Waals surface area (Å²) in [5.41, 5.74) is 2.32. The first-order chi connectivity index (χ1) is 12.7. The van der Waals surface area contributed by atoms with Gasteiger partial charge < -0.3 is 16.0 Å². The monoisotopic (exact) mass is 347 g/mol. The van der Waals surface area contributed by atoms with Gasteiger partial charge in [-0.2, -0.15) is 0 Å². The summed E-state index contributed by atoms with van der Waals surface area (Å²) in [5.74, 6) is -0.177. The first-order valence-electron chi connectivity index (χ1n) is 8.57. The summed E-state index contributed by atoms with van der Waals surface area (Å²) in [6, 6.07) is 21.1. The number of nitrogens with one attached hydrogen (secondary N) is 3. The Bertz CT molecular complexity index is 915. The van der Waals surface area contributed by atoms with Crippen molar-refractivity contribution in [3.63, 3.8) is 0 Å². The summed E-state index contributed by atoms with van der Waals surface area (Å²) < 4.78 is 0. The van der Waals surface area contributed by atoms with Crippen LogP contribution in [-0.2, 0) is 9.59 Å². The van der Waals surface area contributed by atoms with E-state index in [1.54, 1.807) is 31.2 Å². The molecule has 0 heterocycles. The van der Waals surface area contributed by atoms with E-state index in [2.05, 4.69) is 16.0 Å². The van der Waals surface area contributed by atoms with Gasteiger partial charge in [-0.15, -0.1) is 0 Å². The molecule has 0 fully saturated rings. The Morgan fingerprint density at radius 2 is 1.38 bits per heavy atom. The maximum Gasteiger partial charge on any atom is 0.243 e. The zero-order valence-electron chi connectivity index (χ0n) is 14.6. The Morgan fingerprint density at radius 3 is 2.08 bits per heavy atom. The lowest BCUT2D eigenvalue weighted by molar-refractivity contribution is -0.116. The highest BCUT2D eigenvalue weighted by atomic mass is 16.2. The minimum atomic E-state index is -0.136. The molecule has 0 saturated carbocycles. The number of benzene rings is 3. The minimum absolute atomic E-state index is 0.0407. The summed E-state index contributed by atoms with van der Waals surface area (Å²) in [4.78, 5) is 23.6. The van der Waals surface area contributed by atoms with Crippen molar-refractivity contribution in [2.75, 3.05) is 22.5 Å². The van der Waals surface area contributed by atoms with Crippen LogP contribution in [0.4, 0.5) is 17.1 Å². The number of rotatable bonds is 6. The highest BCUT2D eigenvalue weighted by molar-refractivity contribution is 5.98. The SMILES string of the molecule is CCC(=O)Nc1ccc(NC(=O)CNc2cccc3ccccc23)cc1. The number of amides is 2. The number of hydrogen-bond donors (Lipinski definition) is 3. The Labute approximate surface area is 152 Å². The molecule has 0 spiro atoms. The average Bonchev–Trinajstić information content (AvgIpc) is 2.67. The van der Waals surface area contributed by atoms with E-state index in [1.807, 2.05) is 42.5 Å². The van der Waals surface area contributed by atoms with Gasteiger partial charge in [0.2, 0.25) is 11.8 Å². The van der Waals surface area contributed by atoms with E-state index in [1.165, 1.54) is 0 Å². The first kappa shape index (κ1) is 17.5. The smallest absolute Gasteiger partial charge is 0.243 e. The molecular formula is C21H21N3O2. The van der Waals surface area contributed by atoms with Crippen LogP contribution >= 0.6 is 0 Å². The van der Waals surface area contributed by atoms with E-state index in [0.717, 1.165) is 16.5 Å². The first-order valence-corrected chi connectivity index (χ1v) is 8.57. The van der Waals surface area contributed by atoms with Crippen LogP contribution in [0.15, 0.2) is 66.7 Å². The van der Waals surface area contributed by atoms with E-state index < -0.39 is 0 Å². The van der Waals surface area contributed by atoms with Gasteiger partial charge in [0.05, 0.1) is 6.54 Å². The maximum atomic E-state index is 12.2. The fourth-order valence-electron chi connectivity index (χ4n) is 2.65. The van der Waals surface area contributed by atoms with E-state index in [9.17, 15) is 9.59 Å². The molecular weight excluding hydrogens is 326 g/mol. The quantitative estimate of drug-likeness (QED) is 0.625. The molecule has 0 aliphatic heterocycles. The van der Waals surface area contributed by atoms with Crippen LogP contribution in [0, 0.1) is 0 Å². The summed E-state index contributed by atoms with van der Waals surface area (Å²) >= 11 is 0. The molecule has 0 radical (unpaired) electrons. The lowest BCUT2D eigenvalue weighted by atomic mass is 10.1. The molecule has 0 unspecified atom stereocenters. The van der Waals surface area contributed by atoms with Gasteiger partial charge in [0, 0.05) is 28.9 Å². The number of fused-ring (bicyclic) bond motifs is 1. The zero-order valence-corrected chi connectivity index (χ0v) is 14.6. The van der Waals surface area contributed by atoms with Gasteiger partial charge in [-0.25, -0.2) is 0 Å². The molecule has 0 aromatic heterocycles. The molecule has 3 aromatic rings. The van der Waals surface area contributed by atoms with Crippen LogP contribution in [0.5, 0.6) is 0 Å². The van der Waals surface area contributed by atoms with E-state index in [4.69, 9.17) is 0 Å². The predicted molar refractivity (Wildman–Crippen MR) is 106 cm³/mol. The molecule has 0 aliphatic carbocycles. The third kappa shape index (κ3) is 4.39. The molecule has 26 heavy (non-hydrogen) atoms. The third-order valence-corrected chi connectivity index (χ3v) is 4.00. The van der Waals surface area contributed by atoms with Crippen molar-refractivity contribution >= 4 is 39.6 Å². The molecule has 132 valence electrons. The van der Waals surface area contributed by atoms with Crippen molar-refractivity contribution in [3.8, 4) is 0 Å². The molecule has 3 rings (SSSR count). The van der Waals surface area contributed by atoms with Crippen LogP contribution in [0.3, 0.4) is 0 Å². The fraction of sp³-hybridized carbons (Fsp3) is 0.143. The van der Waals surface area contributed by atoms with Gasteiger partial charge >= 0.3 is 0 Å². The molecule has 0 bridgehead atoms. The van der Waals surface area contributed by atoms with Crippen LogP contribution in [0.2, 0.25) is 0 Å². The molecule has 5 nitrogen and oxygen atoms in total. The Balaban J connectivity index is 1.58. The van der Waals surface area contributed by atoms with Crippen LogP contribution in [0.1, 0.15) is 13.3 Å². The van der Waals surface area contributed by atoms with Gasteiger partial charge in [0.1, 0.15) is 0 Å². The topological polar surface area (TPSA) is 70.2 Å². The average molecular weight is 347 g/mol. The van der Waals surface area contributed by atoms with Gasteiger partial charge in [-0.05, 0) is 35.7 Å². The van der Waals surface area contributed by atoms with Crippen molar-refractivity contribution in [2.45, 2.75) is 13.3 Å². The summed E-state index contributed by atoms with van der Waals surface area (Å²) in [6.07, 6.45) is 0.429. The van der Waals surface area contributed by atoms with Crippen molar-refractivity contribution < 1.29 is 9.59 Å². The molecule has 3 N–H and O–H groups in total. The molecule has 3 aromatic carbocycles. The van der Waals surface area contributed by atoms with Crippen molar-refractivity contribution in [3.05, 3.63) is 66.7 Å². The van der Waals surface area contributed by atoms with E-state index >= 15 is 0 Å². The van der Waals surface area contributed by atoms with Gasteiger partial charge in [0.15, 0.2) is 0 Å². The zero-order chi connectivity index (χ0) is 18.4. The number of carbonyl (C=O) groups excluding carboxylic acids is 2. The lowest BCUT2D eigenvalue weighted by Gasteiger charge is -2.11. The maximum absolute atomic E-state index is 12.2. The highest BCUT2D eigenvalue weighted by Gasteiger charge is 2.05.